The second-order valence-corrected chi connectivity index (χ2v) is 5.60. The standard InChI is InChI=1S/C14H11ClFI/c1-9-8-11(4-7-13(9)16)14(15)10-2-5-12(17)6-3-10/h2-8,14H,1H3. The van der Waals surface area contributed by atoms with Crippen molar-refractivity contribution in [2.24, 2.45) is 0 Å². The third kappa shape index (κ3) is 2.99. The fourth-order valence-electron chi connectivity index (χ4n) is 1.65. The first-order chi connectivity index (χ1) is 8.08. The molecule has 0 N–H and O–H groups in total. The average Bonchev–Trinajstić information content (AvgIpc) is 2.33. The lowest BCUT2D eigenvalue weighted by atomic mass is 10.0. The van der Waals surface area contributed by atoms with Gasteiger partial charge in [-0.05, 0) is 64.4 Å². The van der Waals surface area contributed by atoms with Gasteiger partial charge in [0.05, 0.1) is 5.38 Å². The Bertz CT molecular complexity index is 522. The molecule has 1 unspecified atom stereocenters. The van der Waals surface area contributed by atoms with Gasteiger partial charge in [-0.1, -0.05) is 24.3 Å². The molecule has 0 fully saturated rings. The molecule has 0 amide bonds. The third-order valence-corrected chi connectivity index (χ3v) is 3.86. The second kappa shape index (κ2) is 5.36. The number of rotatable bonds is 2. The molecule has 0 saturated heterocycles. The Morgan fingerprint density at radius 2 is 1.65 bits per heavy atom. The largest absolute Gasteiger partial charge is 0.207 e. The molecule has 0 aliphatic carbocycles. The Morgan fingerprint density at radius 1 is 1.06 bits per heavy atom. The summed E-state index contributed by atoms with van der Waals surface area (Å²) in [6.45, 7) is 1.75. The second-order valence-electron chi connectivity index (χ2n) is 3.92. The zero-order valence-corrected chi connectivity index (χ0v) is 12.2. The summed E-state index contributed by atoms with van der Waals surface area (Å²) in [4.78, 5) is 0. The molecule has 2 rings (SSSR count). The first-order valence-electron chi connectivity index (χ1n) is 5.23. The molecule has 0 radical (unpaired) electrons. The van der Waals surface area contributed by atoms with E-state index in [1.807, 2.05) is 24.3 Å². The summed E-state index contributed by atoms with van der Waals surface area (Å²) in [7, 11) is 0. The Hall–Kier alpha value is -0.610. The predicted octanol–water partition coefficient (Wildman–Crippen LogP) is 5.07. The van der Waals surface area contributed by atoms with Crippen molar-refractivity contribution in [3.63, 3.8) is 0 Å². The van der Waals surface area contributed by atoms with Gasteiger partial charge in [0.25, 0.3) is 0 Å². The molecule has 0 saturated carbocycles. The summed E-state index contributed by atoms with van der Waals surface area (Å²) >= 11 is 8.63. The summed E-state index contributed by atoms with van der Waals surface area (Å²) in [6.07, 6.45) is 0. The van der Waals surface area contributed by atoms with E-state index in [0.717, 1.165) is 11.1 Å². The average molecular weight is 361 g/mol. The SMILES string of the molecule is Cc1cc(C(Cl)c2ccc(I)cc2)ccc1F. The summed E-state index contributed by atoms with van der Waals surface area (Å²) in [5, 5.41) is -0.230. The van der Waals surface area contributed by atoms with Gasteiger partial charge in [0.15, 0.2) is 0 Å². The van der Waals surface area contributed by atoms with Gasteiger partial charge in [0.1, 0.15) is 5.82 Å². The Balaban J connectivity index is 2.33. The predicted molar refractivity (Wildman–Crippen MR) is 78.0 cm³/mol. The van der Waals surface area contributed by atoms with E-state index in [1.54, 1.807) is 19.1 Å². The van der Waals surface area contributed by atoms with Crippen LogP contribution in [0.2, 0.25) is 0 Å². The maximum Gasteiger partial charge on any atom is 0.126 e. The van der Waals surface area contributed by atoms with Crippen molar-refractivity contribution >= 4 is 34.2 Å². The highest BCUT2D eigenvalue weighted by Crippen LogP contribution is 2.30. The molecular weight excluding hydrogens is 350 g/mol. The van der Waals surface area contributed by atoms with E-state index in [2.05, 4.69) is 22.6 Å². The van der Waals surface area contributed by atoms with Crippen LogP contribution in [0.1, 0.15) is 22.1 Å². The van der Waals surface area contributed by atoms with Gasteiger partial charge in [-0.3, -0.25) is 0 Å². The van der Waals surface area contributed by atoms with Gasteiger partial charge < -0.3 is 0 Å². The molecule has 0 aliphatic rings. The molecule has 0 bridgehead atoms. The lowest BCUT2D eigenvalue weighted by Gasteiger charge is -2.11. The zero-order valence-electron chi connectivity index (χ0n) is 9.25. The van der Waals surface area contributed by atoms with Crippen LogP contribution >= 0.6 is 34.2 Å². The molecule has 2 aromatic rings. The maximum atomic E-state index is 13.2. The van der Waals surface area contributed by atoms with Gasteiger partial charge in [-0.25, -0.2) is 4.39 Å². The molecule has 3 heteroatoms. The molecule has 0 aromatic heterocycles. The first-order valence-corrected chi connectivity index (χ1v) is 6.75. The van der Waals surface area contributed by atoms with Crippen LogP contribution in [-0.4, -0.2) is 0 Å². The number of halogens is 3. The Labute approximate surface area is 119 Å². The summed E-state index contributed by atoms with van der Waals surface area (Å²) in [5.41, 5.74) is 2.57. The number of aryl methyl sites for hydroxylation is 1. The van der Waals surface area contributed by atoms with Crippen molar-refractivity contribution in [2.75, 3.05) is 0 Å². The van der Waals surface area contributed by atoms with Gasteiger partial charge in [-0.2, -0.15) is 0 Å². The fourth-order valence-corrected chi connectivity index (χ4v) is 2.29. The molecule has 2 aromatic carbocycles. The molecule has 88 valence electrons. The van der Waals surface area contributed by atoms with Crippen molar-refractivity contribution in [1.82, 2.24) is 0 Å². The zero-order chi connectivity index (χ0) is 12.4. The van der Waals surface area contributed by atoms with Crippen LogP contribution in [0.25, 0.3) is 0 Å². The van der Waals surface area contributed by atoms with Crippen molar-refractivity contribution in [1.29, 1.82) is 0 Å². The fraction of sp³-hybridized carbons (Fsp3) is 0.143. The van der Waals surface area contributed by atoms with Crippen molar-refractivity contribution < 1.29 is 4.39 Å². The normalized spacial score (nSPS) is 12.5. The lowest BCUT2D eigenvalue weighted by molar-refractivity contribution is 0.617. The smallest absolute Gasteiger partial charge is 0.126 e. The molecule has 0 aliphatic heterocycles. The minimum absolute atomic E-state index is 0.194. The van der Waals surface area contributed by atoms with E-state index in [4.69, 9.17) is 11.6 Å². The van der Waals surface area contributed by atoms with Crippen LogP contribution < -0.4 is 0 Å². The van der Waals surface area contributed by atoms with Crippen molar-refractivity contribution in [3.05, 3.63) is 68.5 Å². The van der Waals surface area contributed by atoms with E-state index in [-0.39, 0.29) is 11.2 Å². The van der Waals surface area contributed by atoms with Crippen LogP contribution in [-0.2, 0) is 0 Å². The highest BCUT2D eigenvalue weighted by atomic mass is 127. The van der Waals surface area contributed by atoms with Crippen LogP contribution in [0, 0.1) is 16.3 Å². The van der Waals surface area contributed by atoms with E-state index in [0.29, 0.717) is 5.56 Å². The van der Waals surface area contributed by atoms with Crippen molar-refractivity contribution in [2.45, 2.75) is 12.3 Å². The Morgan fingerprint density at radius 3 is 2.24 bits per heavy atom. The maximum absolute atomic E-state index is 13.2. The molecular formula is C14H11ClFI. The summed E-state index contributed by atoms with van der Waals surface area (Å²) < 4.78 is 14.3. The minimum atomic E-state index is -0.230. The van der Waals surface area contributed by atoms with Crippen molar-refractivity contribution in [3.8, 4) is 0 Å². The number of hydrogen-bond acceptors (Lipinski definition) is 0. The molecule has 1 atom stereocenters. The van der Waals surface area contributed by atoms with Crippen LogP contribution in [0.15, 0.2) is 42.5 Å². The molecule has 0 nitrogen and oxygen atoms in total. The van der Waals surface area contributed by atoms with Gasteiger partial charge in [0, 0.05) is 3.57 Å². The molecule has 0 heterocycles. The van der Waals surface area contributed by atoms with E-state index in [9.17, 15) is 4.39 Å². The third-order valence-electron chi connectivity index (χ3n) is 2.64. The monoisotopic (exact) mass is 360 g/mol. The molecule has 0 spiro atoms. The van der Waals surface area contributed by atoms with Gasteiger partial charge >= 0.3 is 0 Å². The quantitative estimate of drug-likeness (QED) is 0.518. The number of alkyl halides is 1. The van der Waals surface area contributed by atoms with Crippen LogP contribution in [0.3, 0.4) is 0 Å². The molecule has 17 heavy (non-hydrogen) atoms. The summed E-state index contributed by atoms with van der Waals surface area (Å²) in [5.74, 6) is -0.194. The van der Waals surface area contributed by atoms with E-state index < -0.39 is 0 Å². The topological polar surface area (TPSA) is 0 Å². The lowest BCUT2D eigenvalue weighted by Crippen LogP contribution is -1.95. The number of hydrogen-bond donors (Lipinski definition) is 0. The minimum Gasteiger partial charge on any atom is -0.207 e. The Kier molecular flexibility index (Phi) is 4.05. The number of benzene rings is 2. The van der Waals surface area contributed by atoms with Crippen LogP contribution in [0.5, 0.6) is 0 Å². The van der Waals surface area contributed by atoms with E-state index >= 15 is 0 Å². The highest BCUT2D eigenvalue weighted by Gasteiger charge is 2.11. The van der Waals surface area contributed by atoms with E-state index in [1.165, 1.54) is 9.64 Å². The van der Waals surface area contributed by atoms with Gasteiger partial charge in [0.2, 0.25) is 0 Å². The van der Waals surface area contributed by atoms with Gasteiger partial charge in [-0.15, -0.1) is 11.6 Å². The first kappa shape index (κ1) is 12.8. The highest BCUT2D eigenvalue weighted by molar-refractivity contribution is 14.1. The summed E-state index contributed by atoms with van der Waals surface area (Å²) in [6, 6.07) is 13.0. The van der Waals surface area contributed by atoms with Crippen LogP contribution in [0.4, 0.5) is 4.39 Å².